The summed E-state index contributed by atoms with van der Waals surface area (Å²) >= 11 is 1.04. The van der Waals surface area contributed by atoms with E-state index in [1.807, 2.05) is 0 Å². The predicted molar refractivity (Wildman–Crippen MR) is 95.1 cm³/mol. The fourth-order valence-corrected chi connectivity index (χ4v) is 2.70. The average molecular weight is 391 g/mol. The van der Waals surface area contributed by atoms with Gasteiger partial charge in [-0.05, 0) is 18.2 Å². The second-order valence-electron chi connectivity index (χ2n) is 5.36. The molecule has 0 atom stereocenters. The molecule has 1 amide bonds. The summed E-state index contributed by atoms with van der Waals surface area (Å²) < 4.78 is 19.8. The lowest BCUT2D eigenvalue weighted by Crippen LogP contribution is -2.29. The molecule has 0 aliphatic rings. The summed E-state index contributed by atoms with van der Waals surface area (Å²) in [5.41, 5.74) is -0.631. The molecule has 0 spiro atoms. The Labute approximate surface area is 155 Å². The number of aryl methyl sites for hydroxylation is 2. The van der Waals surface area contributed by atoms with E-state index < -0.39 is 17.1 Å². The number of H-pyrrole nitrogens is 1. The fraction of sp³-hybridized carbons (Fsp3) is 0.188. The monoisotopic (exact) mass is 391 g/mol. The van der Waals surface area contributed by atoms with Crippen LogP contribution in [0, 0.1) is 5.82 Å². The zero-order chi connectivity index (χ0) is 19.2. The third-order valence-corrected chi connectivity index (χ3v) is 4.17. The van der Waals surface area contributed by atoms with Crippen molar-refractivity contribution >= 4 is 23.4 Å². The highest BCUT2D eigenvalue weighted by atomic mass is 32.2. The molecule has 11 heteroatoms. The molecular weight excluding hydrogens is 377 g/mol. The molecule has 0 aliphatic heterocycles. The van der Waals surface area contributed by atoms with Crippen LogP contribution in [-0.2, 0) is 17.8 Å². The summed E-state index contributed by atoms with van der Waals surface area (Å²) in [6.45, 7) is 0.252. The van der Waals surface area contributed by atoms with Crippen molar-refractivity contribution in [2.75, 3.05) is 11.1 Å². The first kappa shape index (κ1) is 18.6. The van der Waals surface area contributed by atoms with Crippen molar-refractivity contribution in [3.8, 4) is 0 Å². The van der Waals surface area contributed by atoms with Gasteiger partial charge in [0, 0.05) is 30.9 Å². The SMILES string of the molecule is O=C(CSc1nnc(CCn2ccc(=O)[nH]c2=O)o1)Nc1cccc(F)c1. The summed E-state index contributed by atoms with van der Waals surface area (Å²) in [5, 5.41) is 10.4. The number of thioether (sulfide) groups is 1. The van der Waals surface area contributed by atoms with Crippen molar-refractivity contribution in [2.24, 2.45) is 0 Å². The van der Waals surface area contributed by atoms with Gasteiger partial charge in [-0.15, -0.1) is 10.2 Å². The number of carbonyl (C=O) groups is 1. The second kappa shape index (κ2) is 8.45. The van der Waals surface area contributed by atoms with Crippen LogP contribution in [0.2, 0.25) is 0 Å². The molecule has 0 bridgehead atoms. The first-order valence-electron chi connectivity index (χ1n) is 7.80. The van der Waals surface area contributed by atoms with E-state index in [0.717, 1.165) is 11.8 Å². The van der Waals surface area contributed by atoms with E-state index in [1.165, 1.54) is 35.0 Å². The summed E-state index contributed by atoms with van der Waals surface area (Å²) in [6, 6.07) is 6.82. The van der Waals surface area contributed by atoms with E-state index in [1.54, 1.807) is 6.07 Å². The Morgan fingerprint density at radius 3 is 2.93 bits per heavy atom. The van der Waals surface area contributed by atoms with Crippen molar-refractivity contribution in [1.82, 2.24) is 19.7 Å². The van der Waals surface area contributed by atoms with E-state index in [2.05, 4.69) is 20.5 Å². The van der Waals surface area contributed by atoms with Crippen molar-refractivity contribution in [2.45, 2.75) is 18.2 Å². The molecule has 0 saturated heterocycles. The quantitative estimate of drug-likeness (QED) is 0.577. The maximum absolute atomic E-state index is 13.1. The lowest BCUT2D eigenvalue weighted by molar-refractivity contribution is -0.113. The molecule has 1 aromatic carbocycles. The van der Waals surface area contributed by atoms with Crippen LogP contribution in [0.25, 0.3) is 0 Å². The Kier molecular flexibility index (Phi) is 5.81. The maximum Gasteiger partial charge on any atom is 0.328 e. The van der Waals surface area contributed by atoms with Gasteiger partial charge >= 0.3 is 5.69 Å². The first-order chi connectivity index (χ1) is 13.0. The van der Waals surface area contributed by atoms with Crippen LogP contribution in [0.15, 0.2) is 55.8 Å². The van der Waals surface area contributed by atoms with Gasteiger partial charge in [-0.3, -0.25) is 14.6 Å². The third kappa shape index (κ3) is 5.38. The number of halogens is 1. The van der Waals surface area contributed by atoms with Crippen LogP contribution in [0.4, 0.5) is 10.1 Å². The molecule has 0 saturated carbocycles. The number of anilines is 1. The Bertz CT molecular complexity index is 1060. The fourth-order valence-electron chi connectivity index (χ4n) is 2.12. The first-order valence-corrected chi connectivity index (χ1v) is 8.78. The number of carbonyl (C=O) groups excluding carboxylic acids is 1. The van der Waals surface area contributed by atoms with E-state index in [4.69, 9.17) is 4.42 Å². The number of hydrogen-bond acceptors (Lipinski definition) is 7. The average Bonchev–Trinajstić information content (AvgIpc) is 3.07. The van der Waals surface area contributed by atoms with Crippen LogP contribution in [0.5, 0.6) is 0 Å². The third-order valence-electron chi connectivity index (χ3n) is 3.35. The molecular formula is C16H14FN5O4S. The molecule has 0 aliphatic carbocycles. The molecule has 3 aromatic rings. The molecule has 0 radical (unpaired) electrons. The smallest absolute Gasteiger partial charge is 0.328 e. The van der Waals surface area contributed by atoms with E-state index in [0.29, 0.717) is 11.6 Å². The topological polar surface area (TPSA) is 123 Å². The van der Waals surface area contributed by atoms with Gasteiger partial charge in [-0.25, -0.2) is 9.18 Å². The van der Waals surface area contributed by atoms with Gasteiger partial charge < -0.3 is 14.3 Å². The van der Waals surface area contributed by atoms with Gasteiger partial charge in [0.2, 0.25) is 11.8 Å². The van der Waals surface area contributed by atoms with Crippen LogP contribution in [0.1, 0.15) is 5.89 Å². The van der Waals surface area contributed by atoms with Crippen molar-refractivity contribution < 1.29 is 13.6 Å². The molecule has 3 rings (SSSR count). The number of aromatic nitrogens is 4. The molecule has 2 aromatic heterocycles. The van der Waals surface area contributed by atoms with Gasteiger partial charge in [0.1, 0.15) is 5.82 Å². The standard InChI is InChI=1S/C16H14FN5O4S/c17-10-2-1-3-11(8-10)18-13(24)9-27-16-21-20-14(26-16)5-7-22-6-4-12(23)19-15(22)25/h1-4,6,8H,5,7,9H2,(H,18,24)(H,19,23,25). The Balaban J connectivity index is 1.49. The van der Waals surface area contributed by atoms with Crippen molar-refractivity contribution in [3.05, 3.63) is 69.1 Å². The second-order valence-corrected chi connectivity index (χ2v) is 6.29. The van der Waals surface area contributed by atoms with Crippen LogP contribution >= 0.6 is 11.8 Å². The van der Waals surface area contributed by atoms with Crippen molar-refractivity contribution in [3.63, 3.8) is 0 Å². The molecule has 9 nitrogen and oxygen atoms in total. The zero-order valence-corrected chi connectivity index (χ0v) is 14.7. The Hall–Kier alpha value is -3.21. The van der Waals surface area contributed by atoms with Crippen LogP contribution in [0.3, 0.4) is 0 Å². The largest absolute Gasteiger partial charge is 0.416 e. The highest BCUT2D eigenvalue weighted by Crippen LogP contribution is 2.17. The minimum absolute atomic E-state index is 0.0114. The number of nitrogens with zero attached hydrogens (tertiary/aromatic N) is 3. The Morgan fingerprint density at radius 2 is 2.15 bits per heavy atom. The van der Waals surface area contributed by atoms with Gasteiger partial charge in [-0.1, -0.05) is 17.8 Å². The molecule has 2 heterocycles. The van der Waals surface area contributed by atoms with Gasteiger partial charge in [0.05, 0.1) is 5.75 Å². The number of nitrogens with one attached hydrogen (secondary N) is 2. The van der Waals surface area contributed by atoms with Gasteiger partial charge in [-0.2, -0.15) is 0 Å². The van der Waals surface area contributed by atoms with Crippen molar-refractivity contribution in [1.29, 1.82) is 0 Å². The minimum Gasteiger partial charge on any atom is -0.416 e. The van der Waals surface area contributed by atoms with Gasteiger partial charge in [0.25, 0.3) is 10.8 Å². The number of hydrogen-bond donors (Lipinski definition) is 2. The Morgan fingerprint density at radius 1 is 1.30 bits per heavy atom. The van der Waals surface area contributed by atoms with E-state index in [-0.39, 0.29) is 29.8 Å². The molecule has 27 heavy (non-hydrogen) atoms. The summed E-state index contributed by atoms with van der Waals surface area (Å²) in [5.74, 6) is -0.479. The van der Waals surface area contributed by atoms with Gasteiger partial charge in [0.15, 0.2) is 0 Å². The minimum atomic E-state index is -0.523. The number of benzene rings is 1. The number of amides is 1. The molecule has 0 unspecified atom stereocenters. The summed E-state index contributed by atoms with van der Waals surface area (Å²) in [6.07, 6.45) is 1.67. The van der Waals surface area contributed by atoms with E-state index >= 15 is 0 Å². The lowest BCUT2D eigenvalue weighted by atomic mass is 10.3. The molecule has 2 N–H and O–H groups in total. The number of aromatic amines is 1. The predicted octanol–water partition coefficient (Wildman–Crippen LogP) is 1.03. The number of rotatable bonds is 7. The zero-order valence-electron chi connectivity index (χ0n) is 13.8. The lowest BCUT2D eigenvalue weighted by Gasteiger charge is -2.03. The normalized spacial score (nSPS) is 10.7. The molecule has 140 valence electrons. The van der Waals surface area contributed by atoms with Crippen LogP contribution < -0.4 is 16.6 Å². The molecule has 0 fully saturated rings. The summed E-state index contributed by atoms with van der Waals surface area (Å²) in [4.78, 5) is 36.6. The highest BCUT2D eigenvalue weighted by Gasteiger charge is 2.11. The van der Waals surface area contributed by atoms with Crippen LogP contribution in [-0.4, -0.2) is 31.4 Å². The maximum atomic E-state index is 13.1. The summed E-state index contributed by atoms with van der Waals surface area (Å²) in [7, 11) is 0. The highest BCUT2D eigenvalue weighted by molar-refractivity contribution is 7.99. The van der Waals surface area contributed by atoms with E-state index in [9.17, 15) is 18.8 Å².